The normalized spacial score (nSPS) is 27.8. The lowest BCUT2D eigenvalue weighted by molar-refractivity contribution is -0.0223. The van der Waals surface area contributed by atoms with Gasteiger partial charge in [-0.15, -0.1) is 0 Å². The molecule has 0 fully saturated rings. The number of rotatable bonds is 3. The van der Waals surface area contributed by atoms with Crippen LogP contribution in [0.2, 0.25) is 0 Å². The Morgan fingerprint density at radius 2 is 2.21 bits per heavy atom. The van der Waals surface area contributed by atoms with Gasteiger partial charge in [-0.3, -0.25) is 0 Å². The summed E-state index contributed by atoms with van der Waals surface area (Å²) in [5.74, 6) is 0. The molecule has 1 unspecified atom stereocenters. The van der Waals surface area contributed by atoms with Crippen molar-refractivity contribution in [2.75, 3.05) is 26.4 Å². The second kappa shape index (κ2) is 4.77. The van der Waals surface area contributed by atoms with Gasteiger partial charge in [0, 0.05) is 12.1 Å². The molecule has 0 aromatic rings. The summed E-state index contributed by atoms with van der Waals surface area (Å²) in [4.78, 5) is 0. The summed E-state index contributed by atoms with van der Waals surface area (Å²) < 4.78 is 16.8. The Morgan fingerprint density at radius 3 is 2.89 bits per heavy atom. The molecule has 4 N–H and O–H groups in total. The van der Waals surface area contributed by atoms with Crippen molar-refractivity contribution >= 4 is 7.12 Å². The van der Waals surface area contributed by atoms with E-state index in [0.29, 0.717) is 6.54 Å². The highest BCUT2D eigenvalue weighted by Crippen LogP contribution is 2.42. The zero-order valence-electron chi connectivity index (χ0n) is 10.4. The van der Waals surface area contributed by atoms with Crippen molar-refractivity contribution in [2.24, 2.45) is 5.73 Å². The van der Waals surface area contributed by atoms with Crippen LogP contribution in [0.5, 0.6) is 0 Å². The van der Waals surface area contributed by atoms with Gasteiger partial charge in [0.05, 0.1) is 25.6 Å². The second-order valence-corrected chi connectivity index (χ2v) is 4.80. The smallest absolute Gasteiger partial charge is 0.495 e. The lowest BCUT2D eigenvalue weighted by Gasteiger charge is -2.29. The first-order valence-electron chi connectivity index (χ1n) is 6.23. The molecule has 7 heteroatoms. The molecular weight excluding hydrogens is 249 g/mol. The van der Waals surface area contributed by atoms with Crippen molar-refractivity contribution in [1.82, 2.24) is 0 Å². The predicted molar refractivity (Wildman–Crippen MR) is 67.9 cm³/mol. The summed E-state index contributed by atoms with van der Waals surface area (Å²) in [5, 5.41) is 19.2. The van der Waals surface area contributed by atoms with Crippen molar-refractivity contribution in [1.29, 1.82) is 0 Å². The third-order valence-electron chi connectivity index (χ3n) is 3.73. The van der Waals surface area contributed by atoms with Gasteiger partial charge in [0.25, 0.3) is 0 Å². The fourth-order valence-electron chi connectivity index (χ4n) is 2.66. The molecule has 6 nitrogen and oxygen atoms in total. The molecule has 3 rings (SSSR count). The van der Waals surface area contributed by atoms with Gasteiger partial charge in [-0.25, -0.2) is 0 Å². The minimum absolute atomic E-state index is 0.249. The SMILES string of the molecule is NCC1C=C2C=COCC3=C2B(O1)OC3(CO)CO. The van der Waals surface area contributed by atoms with Crippen LogP contribution in [-0.4, -0.2) is 55.4 Å². The average Bonchev–Trinajstić information content (AvgIpc) is 2.60. The third-order valence-corrected chi connectivity index (χ3v) is 3.73. The van der Waals surface area contributed by atoms with Crippen LogP contribution < -0.4 is 5.73 Å². The monoisotopic (exact) mass is 265 g/mol. The van der Waals surface area contributed by atoms with E-state index >= 15 is 0 Å². The highest BCUT2D eigenvalue weighted by Gasteiger charge is 2.52. The molecule has 0 amide bonds. The Hall–Kier alpha value is -1.12. The summed E-state index contributed by atoms with van der Waals surface area (Å²) in [6, 6.07) is 0. The maximum atomic E-state index is 9.60. The maximum absolute atomic E-state index is 9.60. The zero-order chi connectivity index (χ0) is 13.5. The van der Waals surface area contributed by atoms with Gasteiger partial charge in [0.15, 0.2) is 0 Å². The summed E-state index contributed by atoms with van der Waals surface area (Å²) >= 11 is 0. The highest BCUT2D eigenvalue weighted by molar-refractivity contribution is 6.57. The second-order valence-electron chi connectivity index (χ2n) is 4.80. The van der Waals surface area contributed by atoms with Crippen LogP contribution in [0.25, 0.3) is 0 Å². The number of allylic oxidation sites excluding steroid dienone is 3. The third kappa shape index (κ3) is 1.86. The van der Waals surface area contributed by atoms with E-state index in [4.69, 9.17) is 19.8 Å². The summed E-state index contributed by atoms with van der Waals surface area (Å²) in [7, 11) is -0.616. The number of nitrogens with two attached hydrogens (primary N) is 1. The first-order valence-corrected chi connectivity index (χ1v) is 6.23. The molecule has 3 aliphatic heterocycles. The van der Waals surface area contributed by atoms with Crippen molar-refractivity contribution in [3.05, 3.63) is 35.0 Å². The summed E-state index contributed by atoms with van der Waals surface area (Å²) in [5.41, 5.74) is 6.97. The Labute approximate surface area is 111 Å². The molecule has 19 heavy (non-hydrogen) atoms. The quantitative estimate of drug-likeness (QED) is 0.560. The molecule has 0 aromatic carbocycles. The van der Waals surface area contributed by atoms with E-state index in [1.54, 1.807) is 6.26 Å². The largest absolute Gasteiger partial charge is 0.497 e. The molecule has 3 aliphatic rings. The van der Waals surface area contributed by atoms with Crippen LogP contribution in [0.3, 0.4) is 0 Å². The molecule has 0 spiro atoms. The van der Waals surface area contributed by atoms with E-state index < -0.39 is 12.7 Å². The number of aliphatic hydroxyl groups excluding tert-OH is 2. The minimum atomic E-state index is -1.14. The van der Waals surface area contributed by atoms with Crippen molar-refractivity contribution in [2.45, 2.75) is 11.7 Å². The van der Waals surface area contributed by atoms with Crippen LogP contribution in [-0.2, 0) is 14.0 Å². The molecule has 102 valence electrons. The van der Waals surface area contributed by atoms with Gasteiger partial charge in [-0.1, -0.05) is 0 Å². The van der Waals surface area contributed by atoms with Crippen molar-refractivity contribution in [3.8, 4) is 0 Å². The van der Waals surface area contributed by atoms with Gasteiger partial charge >= 0.3 is 7.12 Å². The van der Waals surface area contributed by atoms with E-state index in [1.165, 1.54) is 0 Å². The zero-order valence-corrected chi connectivity index (χ0v) is 10.4. The Balaban J connectivity index is 2.09. The van der Waals surface area contributed by atoms with E-state index in [1.807, 2.05) is 12.2 Å². The van der Waals surface area contributed by atoms with Gasteiger partial charge in [-0.05, 0) is 23.2 Å². The van der Waals surface area contributed by atoms with Crippen LogP contribution >= 0.6 is 0 Å². The van der Waals surface area contributed by atoms with E-state index in [-0.39, 0.29) is 25.9 Å². The average molecular weight is 265 g/mol. The van der Waals surface area contributed by atoms with Crippen molar-refractivity contribution < 1.29 is 24.3 Å². The topological polar surface area (TPSA) is 94.2 Å². The highest BCUT2D eigenvalue weighted by atomic mass is 16.6. The lowest BCUT2D eigenvalue weighted by Crippen LogP contribution is -2.44. The molecule has 3 heterocycles. The van der Waals surface area contributed by atoms with E-state index in [9.17, 15) is 10.2 Å². The first-order chi connectivity index (χ1) is 9.24. The van der Waals surface area contributed by atoms with Gasteiger partial charge in [-0.2, -0.15) is 0 Å². The van der Waals surface area contributed by atoms with Crippen LogP contribution in [0.15, 0.2) is 35.0 Å². The number of aliphatic hydroxyl groups is 2. The molecule has 0 aromatic heterocycles. The maximum Gasteiger partial charge on any atom is 0.495 e. The molecule has 0 saturated heterocycles. The standard InChI is InChI=1S/C12H16BNO5/c14-4-9-3-8-1-2-17-5-10-11(8)13(18-9)19-12(10,6-15)7-16/h1-3,9,15-16H,4-7,14H2. The molecule has 0 radical (unpaired) electrons. The fraction of sp³-hybridized carbons (Fsp3) is 0.500. The van der Waals surface area contributed by atoms with Crippen LogP contribution in [0, 0.1) is 0 Å². The Bertz CT molecular complexity index is 469. The molecule has 0 bridgehead atoms. The number of hydrogen-bond donors (Lipinski definition) is 3. The van der Waals surface area contributed by atoms with Gasteiger partial charge in [0.2, 0.25) is 0 Å². The predicted octanol–water partition coefficient (Wildman–Crippen LogP) is -1.11. The van der Waals surface area contributed by atoms with E-state index in [2.05, 4.69) is 0 Å². The summed E-state index contributed by atoms with van der Waals surface area (Å²) in [6.45, 7) is -0.0540. The first kappa shape index (κ1) is 12.9. The van der Waals surface area contributed by atoms with Gasteiger partial charge in [0.1, 0.15) is 12.2 Å². The Kier molecular flexibility index (Phi) is 3.24. The fourth-order valence-corrected chi connectivity index (χ4v) is 2.66. The molecule has 0 aliphatic carbocycles. The van der Waals surface area contributed by atoms with Crippen molar-refractivity contribution in [3.63, 3.8) is 0 Å². The summed E-state index contributed by atoms with van der Waals surface area (Å²) in [6.07, 6.45) is 5.08. The molecule has 0 saturated carbocycles. The number of ether oxygens (including phenoxy) is 1. The number of hydrogen-bond acceptors (Lipinski definition) is 6. The van der Waals surface area contributed by atoms with Crippen LogP contribution in [0.1, 0.15) is 0 Å². The molecule has 1 atom stereocenters. The minimum Gasteiger partial charge on any atom is -0.497 e. The Morgan fingerprint density at radius 1 is 1.42 bits per heavy atom. The van der Waals surface area contributed by atoms with Gasteiger partial charge < -0.3 is 30.0 Å². The lowest BCUT2D eigenvalue weighted by atomic mass is 9.70. The van der Waals surface area contributed by atoms with Crippen LogP contribution in [0.4, 0.5) is 0 Å². The van der Waals surface area contributed by atoms with E-state index in [0.717, 1.165) is 16.6 Å². The molecular formula is C12H16BNO5.